The Morgan fingerprint density at radius 1 is 1.30 bits per heavy atom. The first-order valence-electron chi connectivity index (χ1n) is 7.04. The molecule has 0 spiro atoms. The minimum atomic E-state index is -0.157. The van der Waals surface area contributed by atoms with Crippen molar-refractivity contribution in [1.82, 2.24) is 9.97 Å². The fourth-order valence-corrected chi connectivity index (χ4v) is 3.52. The molecule has 0 saturated heterocycles. The highest BCUT2D eigenvalue weighted by molar-refractivity contribution is 9.10. The predicted molar refractivity (Wildman–Crippen MR) is 95.4 cm³/mol. The van der Waals surface area contributed by atoms with E-state index in [0.717, 1.165) is 25.9 Å². The summed E-state index contributed by atoms with van der Waals surface area (Å²) < 4.78 is 6.51. The minimum Gasteiger partial charge on any atom is -0.477 e. The molecule has 0 unspecified atom stereocenters. The van der Waals surface area contributed by atoms with Crippen LogP contribution < -0.4 is 10.1 Å². The maximum atomic E-state index is 12.6. The number of thiophene rings is 1. The molecule has 0 bridgehead atoms. The number of nitrogens with zero attached hydrogens (tertiary/aromatic N) is 2. The van der Waals surface area contributed by atoms with Crippen molar-refractivity contribution in [3.8, 4) is 5.88 Å². The molecule has 3 aromatic rings. The molecule has 2 aromatic heterocycles. The molecular formula is C16H14BrN3O2S. The number of carbonyl (C=O) groups is 1. The fourth-order valence-electron chi connectivity index (χ4n) is 2.22. The third-order valence-corrected chi connectivity index (χ3v) is 5.01. The molecule has 7 heteroatoms. The van der Waals surface area contributed by atoms with Crippen molar-refractivity contribution < 1.29 is 9.53 Å². The van der Waals surface area contributed by atoms with E-state index in [1.165, 1.54) is 17.7 Å². The lowest BCUT2D eigenvalue weighted by Gasteiger charge is -2.05. The second-order valence-electron chi connectivity index (χ2n) is 4.81. The lowest BCUT2D eigenvalue weighted by Crippen LogP contribution is -2.11. The van der Waals surface area contributed by atoms with Crippen molar-refractivity contribution in [3.63, 3.8) is 0 Å². The average molecular weight is 392 g/mol. The first-order chi connectivity index (χ1) is 11.1. The smallest absolute Gasteiger partial charge is 0.266 e. The van der Waals surface area contributed by atoms with E-state index in [2.05, 4.69) is 31.2 Å². The van der Waals surface area contributed by atoms with Crippen LogP contribution in [0.1, 0.15) is 22.2 Å². The zero-order valence-corrected chi connectivity index (χ0v) is 15.0. The molecule has 0 aliphatic carbocycles. The van der Waals surface area contributed by atoms with Gasteiger partial charge in [0, 0.05) is 10.2 Å². The number of benzene rings is 1. The summed E-state index contributed by atoms with van der Waals surface area (Å²) in [6.45, 7) is 4.31. The Hall–Kier alpha value is -1.99. The van der Waals surface area contributed by atoms with Gasteiger partial charge in [0.2, 0.25) is 5.88 Å². The molecule has 5 nitrogen and oxygen atoms in total. The van der Waals surface area contributed by atoms with Gasteiger partial charge in [-0.25, -0.2) is 9.97 Å². The molecule has 0 saturated carbocycles. The molecule has 0 fully saturated rings. The Bertz CT molecular complexity index is 862. The molecule has 1 N–H and O–H groups in total. The van der Waals surface area contributed by atoms with Crippen LogP contribution in [0.3, 0.4) is 0 Å². The normalized spacial score (nSPS) is 10.7. The summed E-state index contributed by atoms with van der Waals surface area (Å²) in [6.07, 6.45) is 1.46. The van der Waals surface area contributed by atoms with Gasteiger partial charge in [-0.05, 0) is 43.7 Å². The van der Waals surface area contributed by atoms with E-state index in [0.29, 0.717) is 17.4 Å². The van der Waals surface area contributed by atoms with Gasteiger partial charge in [-0.3, -0.25) is 4.79 Å². The molecule has 23 heavy (non-hydrogen) atoms. The largest absolute Gasteiger partial charge is 0.477 e. The molecular weight excluding hydrogens is 378 g/mol. The summed E-state index contributed by atoms with van der Waals surface area (Å²) >= 11 is 4.72. The van der Waals surface area contributed by atoms with Crippen LogP contribution in [-0.2, 0) is 0 Å². The van der Waals surface area contributed by atoms with Crippen LogP contribution in [0, 0.1) is 6.92 Å². The average Bonchev–Trinajstić information content (AvgIpc) is 2.88. The summed E-state index contributed by atoms with van der Waals surface area (Å²) in [7, 11) is 0. The Kier molecular flexibility index (Phi) is 4.58. The number of nitrogens with one attached hydrogen (secondary N) is 1. The SMILES string of the molecule is CCOc1ncnc2sc(C(=O)Nc3ccc(Br)cc3)c(C)c12. The van der Waals surface area contributed by atoms with E-state index >= 15 is 0 Å². The molecule has 2 heterocycles. The zero-order valence-electron chi connectivity index (χ0n) is 12.6. The van der Waals surface area contributed by atoms with Crippen LogP contribution >= 0.6 is 27.3 Å². The van der Waals surface area contributed by atoms with Gasteiger partial charge in [0.1, 0.15) is 11.2 Å². The highest BCUT2D eigenvalue weighted by Gasteiger charge is 2.20. The molecule has 0 aliphatic rings. The number of rotatable bonds is 4. The highest BCUT2D eigenvalue weighted by atomic mass is 79.9. The first-order valence-corrected chi connectivity index (χ1v) is 8.65. The predicted octanol–water partition coefficient (Wildman–Crippen LogP) is 4.41. The van der Waals surface area contributed by atoms with E-state index in [-0.39, 0.29) is 5.91 Å². The Labute approximate surface area is 145 Å². The van der Waals surface area contributed by atoms with E-state index in [4.69, 9.17) is 4.74 Å². The van der Waals surface area contributed by atoms with Gasteiger partial charge < -0.3 is 10.1 Å². The lowest BCUT2D eigenvalue weighted by molar-refractivity contribution is 0.103. The zero-order chi connectivity index (χ0) is 16.4. The summed E-state index contributed by atoms with van der Waals surface area (Å²) in [5, 5.41) is 3.71. The van der Waals surface area contributed by atoms with Gasteiger partial charge in [0.25, 0.3) is 5.91 Å². The fraction of sp³-hybridized carbons (Fsp3) is 0.188. The Balaban J connectivity index is 1.96. The van der Waals surface area contributed by atoms with Gasteiger partial charge in [-0.2, -0.15) is 0 Å². The van der Waals surface area contributed by atoms with Crippen LogP contribution in [0.5, 0.6) is 5.88 Å². The number of halogens is 1. The van der Waals surface area contributed by atoms with E-state index in [1.54, 1.807) is 0 Å². The monoisotopic (exact) mass is 391 g/mol. The van der Waals surface area contributed by atoms with Crippen LogP contribution in [-0.4, -0.2) is 22.5 Å². The number of ether oxygens (including phenoxy) is 1. The summed E-state index contributed by atoms with van der Waals surface area (Å²) in [4.78, 5) is 22.3. The van der Waals surface area contributed by atoms with Crippen LogP contribution in [0.2, 0.25) is 0 Å². The van der Waals surface area contributed by atoms with E-state index in [1.807, 2.05) is 38.1 Å². The number of aromatic nitrogens is 2. The van der Waals surface area contributed by atoms with Gasteiger partial charge >= 0.3 is 0 Å². The van der Waals surface area contributed by atoms with E-state index < -0.39 is 0 Å². The summed E-state index contributed by atoms with van der Waals surface area (Å²) in [6, 6.07) is 7.45. The number of fused-ring (bicyclic) bond motifs is 1. The maximum absolute atomic E-state index is 12.6. The third kappa shape index (κ3) is 3.20. The number of hydrogen-bond donors (Lipinski definition) is 1. The molecule has 0 aliphatic heterocycles. The number of anilines is 1. The van der Waals surface area contributed by atoms with Gasteiger partial charge in [0.05, 0.1) is 16.9 Å². The van der Waals surface area contributed by atoms with E-state index in [9.17, 15) is 4.79 Å². The Morgan fingerprint density at radius 3 is 2.74 bits per heavy atom. The van der Waals surface area contributed by atoms with Gasteiger partial charge in [0.15, 0.2) is 0 Å². The van der Waals surface area contributed by atoms with Gasteiger partial charge in [-0.1, -0.05) is 15.9 Å². The topological polar surface area (TPSA) is 64.1 Å². The number of carbonyl (C=O) groups excluding carboxylic acids is 1. The van der Waals surface area contributed by atoms with Gasteiger partial charge in [-0.15, -0.1) is 11.3 Å². The molecule has 0 radical (unpaired) electrons. The van der Waals surface area contributed by atoms with Crippen molar-refractivity contribution in [2.75, 3.05) is 11.9 Å². The quantitative estimate of drug-likeness (QED) is 0.714. The molecule has 1 amide bonds. The van der Waals surface area contributed by atoms with Crippen molar-refractivity contribution in [3.05, 3.63) is 45.5 Å². The number of aryl methyl sites for hydroxylation is 1. The molecule has 3 rings (SSSR count). The van der Waals surface area contributed by atoms with Crippen LogP contribution in [0.4, 0.5) is 5.69 Å². The maximum Gasteiger partial charge on any atom is 0.266 e. The van der Waals surface area contributed by atoms with Crippen molar-refractivity contribution in [1.29, 1.82) is 0 Å². The third-order valence-electron chi connectivity index (χ3n) is 3.28. The summed E-state index contributed by atoms with van der Waals surface area (Å²) in [5.74, 6) is 0.365. The molecule has 0 atom stereocenters. The lowest BCUT2D eigenvalue weighted by atomic mass is 10.2. The standard InChI is InChI=1S/C16H14BrN3O2S/c1-3-22-15-12-9(2)13(23-16(12)19-8-18-15)14(21)20-11-6-4-10(17)5-7-11/h4-8H,3H2,1-2H3,(H,20,21). The second-order valence-corrected chi connectivity index (χ2v) is 6.72. The second kappa shape index (κ2) is 6.64. The van der Waals surface area contributed by atoms with Crippen molar-refractivity contribution >= 4 is 49.1 Å². The van der Waals surface area contributed by atoms with Crippen LogP contribution in [0.25, 0.3) is 10.2 Å². The number of amides is 1. The van der Waals surface area contributed by atoms with Crippen molar-refractivity contribution in [2.24, 2.45) is 0 Å². The summed E-state index contributed by atoms with van der Waals surface area (Å²) in [5.41, 5.74) is 1.58. The Morgan fingerprint density at radius 2 is 2.04 bits per heavy atom. The molecule has 118 valence electrons. The number of hydrogen-bond acceptors (Lipinski definition) is 5. The van der Waals surface area contributed by atoms with Crippen LogP contribution in [0.15, 0.2) is 35.1 Å². The highest BCUT2D eigenvalue weighted by Crippen LogP contribution is 2.34. The van der Waals surface area contributed by atoms with Crippen molar-refractivity contribution in [2.45, 2.75) is 13.8 Å². The minimum absolute atomic E-state index is 0.157. The first kappa shape index (κ1) is 15.9. The molecule has 1 aromatic carbocycles.